The summed E-state index contributed by atoms with van der Waals surface area (Å²) in [6.45, 7) is 7.16. The number of hydrogen-bond acceptors (Lipinski definition) is 5. The molecule has 0 fully saturated rings. The van der Waals surface area contributed by atoms with Crippen molar-refractivity contribution in [1.29, 1.82) is 0 Å². The van der Waals surface area contributed by atoms with Gasteiger partial charge in [0.15, 0.2) is 0 Å². The van der Waals surface area contributed by atoms with Crippen LogP contribution in [0.3, 0.4) is 0 Å². The van der Waals surface area contributed by atoms with E-state index in [1.165, 1.54) is 17.0 Å². The van der Waals surface area contributed by atoms with E-state index in [0.29, 0.717) is 28.0 Å². The minimum atomic E-state index is -4.23. The van der Waals surface area contributed by atoms with Crippen LogP contribution >= 0.6 is 23.2 Å². The number of amides is 2. The molecule has 1 N–H and O–H groups in total. The van der Waals surface area contributed by atoms with Crippen molar-refractivity contribution in [3.63, 3.8) is 0 Å². The molecule has 0 bridgehead atoms. The first-order valence-electron chi connectivity index (χ1n) is 15.3. The van der Waals surface area contributed by atoms with Crippen molar-refractivity contribution in [3.8, 4) is 5.75 Å². The molecule has 4 rings (SSSR count). The van der Waals surface area contributed by atoms with Crippen molar-refractivity contribution in [2.75, 3.05) is 17.5 Å². The van der Waals surface area contributed by atoms with Crippen molar-refractivity contribution >= 4 is 50.7 Å². The SMILES string of the molecule is CCOc1ccc(N(CC(=O)N(Cc2ccc(Cl)cc2Cl)[C@@H](Cc2ccccc2)C(=O)NC(C)C)S(=O)(=O)c2ccc(C)cc2)cc1. The van der Waals surface area contributed by atoms with Crippen LogP contribution in [-0.2, 0) is 32.6 Å². The van der Waals surface area contributed by atoms with Gasteiger partial charge in [-0.25, -0.2) is 8.42 Å². The molecule has 4 aromatic carbocycles. The summed E-state index contributed by atoms with van der Waals surface area (Å²) in [6, 6.07) is 26.0. The van der Waals surface area contributed by atoms with E-state index in [1.807, 2.05) is 58.0 Å². The van der Waals surface area contributed by atoms with Gasteiger partial charge >= 0.3 is 0 Å². The number of sulfonamides is 1. The van der Waals surface area contributed by atoms with Gasteiger partial charge in [-0.3, -0.25) is 13.9 Å². The van der Waals surface area contributed by atoms with E-state index in [1.54, 1.807) is 54.6 Å². The van der Waals surface area contributed by atoms with Crippen LogP contribution in [0.4, 0.5) is 5.69 Å². The molecule has 0 spiro atoms. The molecule has 1 atom stereocenters. The monoisotopic (exact) mass is 695 g/mol. The number of nitrogens with zero attached hydrogens (tertiary/aromatic N) is 2. The van der Waals surface area contributed by atoms with Crippen LogP contribution in [0, 0.1) is 6.92 Å². The first-order valence-corrected chi connectivity index (χ1v) is 17.5. The normalized spacial score (nSPS) is 12.0. The number of benzene rings is 4. The van der Waals surface area contributed by atoms with Crippen LogP contribution in [0.1, 0.15) is 37.5 Å². The fourth-order valence-corrected chi connectivity index (χ4v) is 6.89. The maximum absolute atomic E-state index is 14.6. The molecule has 0 saturated heterocycles. The molecular weight excluding hydrogens is 657 g/mol. The molecule has 0 unspecified atom stereocenters. The second kappa shape index (κ2) is 16.2. The van der Waals surface area contributed by atoms with Crippen LogP contribution in [-0.4, -0.2) is 50.4 Å². The average Bonchev–Trinajstić information content (AvgIpc) is 3.03. The Morgan fingerprint density at radius 2 is 1.55 bits per heavy atom. The Balaban J connectivity index is 1.82. The van der Waals surface area contributed by atoms with E-state index >= 15 is 0 Å². The highest BCUT2D eigenvalue weighted by molar-refractivity contribution is 7.92. The minimum Gasteiger partial charge on any atom is -0.494 e. The molecule has 0 radical (unpaired) electrons. The highest BCUT2D eigenvalue weighted by atomic mass is 35.5. The lowest BCUT2D eigenvalue weighted by Gasteiger charge is -2.34. The first kappa shape index (κ1) is 35.8. The molecule has 0 aromatic heterocycles. The summed E-state index contributed by atoms with van der Waals surface area (Å²) in [5.74, 6) is -0.417. The molecule has 0 aliphatic carbocycles. The van der Waals surface area contributed by atoms with Crippen LogP contribution in [0.2, 0.25) is 10.0 Å². The number of halogens is 2. The quantitative estimate of drug-likeness (QED) is 0.152. The number of carbonyl (C=O) groups is 2. The molecule has 47 heavy (non-hydrogen) atoms. The molecule has 8 nitrogen and oxygen atoms in total. The summed E-state index contributed by atoms with van der Waals surface area (Å²) in [5.41, 5.74) is 2.53. The van der Waals surface area contributed by atoms with Crippen molar-refractivity contribution in [2.24, 2.45) is 0 Å². The standard InChI is InChI=1S/C36H39Cl2N3O5S/c1-5-46-31-17-15-30(16-18-31)41(47(44,45)32-19-11-26(4)12-20-32)24-35(42)40(23-28-13-14-29(37)22-33(28)38)34(36(43)39-25(2)3)21-27-9-7-6-8-10-27/h6-20,22,25,34H,5,21,23-24H2,1-4H3,(H,39,43)/t34-/m0/s1. The lowest BCUT2D eigenvalue weighted by atomic mass is 10.0. The van der Waals surface area contributed by atoms with Crippen molar-refractivity contribution in [1.82, 2.24) is 10.2 Å². The fourth-order valence-electron chi connectivity index (χ4n) is 5.01. The van der Waals surface area contributed by atoms with Gasteiger partial charge in [0.2, 0.25) is 11.8 Å². The molecule has 2 amide bonds. The van der Waals surface area contributed by atoms with Gasteiger partial charge in [0.25, 0.3) is 10.0 Å². The van der Waals surface area contributed by atoms with Gasteiger partial charge in [-0.15, -0.1) is 0 Å². The van der Waals surface area contributed by atoms with E-state index in [-0.39, 0.29) is 35.5 Å². The Bertz CT molecular complexity index is 1770. The Kier molecular flexibility index (Phi) is 12.3. The van der Waals surface area contributed by atoms with Gasteiger partial charge in [-0.1, -0.05) is 77.3 Å². The zero-order valence-corrected chi connectivity index (χ0v) is 29.1. The Morgan fingerprint density at radius 1 is 0.894 bits per heavy atom. The largest absolute Gasteiger partial charge is 0.494 e. The van der Waals surface area contributed by atoms with E-state index < -0.39 is 28.5 Å². The van der Waals surface area contributed by atoms with E-state index in [4.69, 9.17) is 27.9 Å². The summed E-state index contributed by atoms with van der Waals surface area (Å²) in [6.07, 6.45) is 0.185. The lowest BCUT2D eigenvalue weighted by Crippen LogP contribution is -2.54. The van der Waals surface area contributed by atoms with Gasteiger partial charge in [-0.2, -0.15) is 0 Å². The summed E-state index contributed by atoms with van der Waals surface area (Å²) in [5, 5.41) is 3.67. The number of anilines is 1. The smallest absolute Gasteiger partial charge is 0.264 e. The number of carbonyl (C=O) groups excluding carboxylic acids is 2. The minimum absolute atomic E-state index is 0.0236. The first-order chi connectivity index (χ1) is 22.4. The second-order valence-electron chi connectivity index (χ2n) is 11.4. The molecular formula is C36H39Cl2N3O5S. The molecule has 4 aromatic rings. The van der Waals surface area contributed by atoms with Crippen LogP contribution in [0.25, 0.3) is 0 Å². The maximum Gasteiger partial charge on any atom is 0.264 e. The fraction of sp³-hybridized carbons (Fsp3) is 0.278. The number of ether oxygens (including phenoxy) is 1. The molecule has 0 heterocycles. The van der Waals surface area contributed by atoms with Gasteiger partial charge in [0.1, 0.15) is 18.3 Å². The predicted octanol–water partition coefficient (Wildman–Crippen LogP) is 7.06. The van der Waals surface area contributed by atoms with Gasteiger partial charge in [-0.05, 0) is 87.4 Å². The lowest BCUT2D eigenvalue weighted by molar-refractivity contribution is -0.140. The highest BCUT2D eigenvalue weighted by Gasteiger charge is 2.35. The summed E-state index contributed by atoms with van der Waals surface area (Å²) in [4.78, 5) is 29.8. The van der Waals surface area contributed by atoms with Gasteiger partial charge in [0, 0.05) is 29.1 Å². The van der Waals surface area contributed by atoms with Crippen molar-refractivity contribution < 1.29 is 22.7 Å². The zero-order valence-electron chi connectivity index (χ0n) is 26.8. The number of hydrogen-bond donors (Lipinski definition) is 1. The topological polar surface area (TPSA) is 96.0 Å². The number of rotatable bonds is 14. The third-order valence-electron chi connectivity index (χ3n) is 7.38. The zero-order chi connectivity index (χ0) is 34.1. The molecule has 0 saturated carbocycles. The molecule has 0 aliphatic heterocycles. The van der Waals surface area contributed by atoms with Crippen LogP contribution in [0.5, 0.6) is 5.75 Å². The van der Waals surface area contributed by atoms with E-state index in [0.717, 1.165) is 15.4 Å². The summed E-state index contributed by atoms with van der Waals surface area (Å²) < 4.78 is 35.1. The van der Waals surface area contributed by atoms with E-state index in [9.17, 15) is 18.0 Å². The third-order valence-corrected chi connectivity index (χ3v) is 9.76. The highest BCUT2D eigenvalue weighted by Crippen LogP contribution is 2.28. The van der Waals surface area contributed by atoms with Gasteiger partial charge in [0.05, 0.1) is 17.2 Å². The second-order valence-corrected chi connectivity index (χ2v) is 14.1. The van der Waals surface area contributed by atoms with E-state index in [2.05, 4.69) is 5.32 Å². The van der Waals surface area contributed by atoms with Crippen molar-refractivity contribution in [2.45, 2.75) is 57.6 Å². The van der Waals surface area contributed by atoms with Gasteiger partial charge < -0.3 is 15.0 Å². The maximum atomic E-state index is 14.6. The van der Waals surface area contributed by atoms with Crippen LogP contribution < -0.4 is 14.4 Å². The predicted molar refractivity (Wildman–Crippen MR) is 188 cm³/mol. The number of nitrogens with one attached hydrogen (secondary N) is 1. The van der Waals surface area contributed by atoms with Crippen molar-refractivity contribution in [3.05, 3.63) is 124 Å². The molecule has 11 heteroatoms. The summed E-state index contributed by atoms with van der Waals surface area (Å²) >= 11 is 12.7. The third kappa shape index (κ3) is 9.50. The molecule has 248 valence electrons. The Morgan fingerprint density at radius 3 is 2.15 bits per heavy atom. The Labute approximate surface area is 287 Å². The Hall–Kier alpha value is -4.05. The molecule has 0 aliphatic rings. The number of aryl methyl sites for hydroxylation is 1. The average molecular weight is 697 g/mol. The van der Waals surface area contributed by atoms with Crippen LogP contribution in [0.15, 0.2) is 102 Å². The summed E-state index contributed by atoms with van der Waals surface area (Å²) in [7, 11) is -4.23.